The Bertz CT molecular complexity index is 387. The highest BCUT2D eigenvalue weighted by Crippen LogP contribution is 2.14. The molecule has 0 amide bonds. The van der Waals surface area contributed by atoms with E-state index in [9.17, 15) is 9.90 Å². The predicted molar refractivity (Wildman–Crippen MR) is 82.3 cm³/mol. The van der Waals surface area contributed by atoms with Crippen molar-refractivity contribution in [1.82, 2.24) is 16.0 Å². The minimum atomic E-state index is -0.839. The van der Waals surface area contributed by atoms with Crippen LogP contribution in [0.4, 0.5) is 0 Å². The van der Waals surface area contributed by atoms with Crippen LogP contribution in [0.5, 0.6) is 0 Å². The predicted octanol–water partition coefficient (Wildman–Crippen LogP) is -0.0365. The zero-order chi connectivity index (χ0) is 15.3. The molecule has 118 valence electrons. The molecule has 0 saturated heterocycles. The summed E-state index contributed by atoms with van der Waals surface area (Å²) in [5.41, 5.74) is 0.946. The summed E-state index contributed by atoms with van der Waals surface area (Å²) in [6, 6.07) is 9.64. The second kappa shape index (κ2) is 11.2. The van der Waals surface area contributed by atoms with Gasteiger partial charge in [0.25, 0.3) is 0 Å². The maximum atomic E-state index is 10.3. The molecule has 5 N–H and O–H groups in total. The molecule has 0 aliphatic heterocycles. The first-order valence-corrected chi connectivity index (χ1v) is 7.27. The maximum absolute atomic E-state index is 10.3. The van der Waals surface area contributed by atoms with Crippen molar-refractivity contribution in [3.8, 4) is 0 Å². The topological polar surface area (TPSA) is 93.6 Å². The van der Waals surface area contributed by atoms with Gasteiger partial charge in [-0.15, -0.1) is 0 Å². The lowest BCUT2D eigenvalue weighted by atomic mass is 10.1. The first kappa shape index (κ1) is 17.6. The van der Waals surface area contributed by atoms with Gasteiger partial charge in [0.15, 0.2) is 0 Å². The van der Waals surface area contributed by atoms with E-state index in [4.69, 9.17) is 5.11 Å². The molecule has 0 heterocycles. The number of carboxylic acids is 1. The number of carboxylic acid groups (broad SMARTS) is 1. The molecule has 0 spiro atoms. The van der Waals surface area contributed by atoms with Crippen molar-refractivity contribution in [1.29, 1.82) is 0 Å². The minimum Gasteiger partial charge on any atom is -0.480 e. The first-order chi connectivity index (χ1) is 10.2. The SMILES string of the molecule is O=C(O)CNCCNCCNCCC(O)c1ccccc1. The fourth-order valence-corrected chi connectivity index (χ4v) is 1.88. The Morgan fingerprint density at radius 3 is 2.14 bits per heavy atom. The van der Waals surface area contributed by atoms with Crippen molar-refractivity contribution < 1.29 is 15.0 Å². The van der Waals surface area contributed by atoms with Gasteiger partial charge in [-0.25, -0.2) is 0 Å². The van der Waals surface area contributed by atoms with Gasteiger partial charge in [0.2, 0.25) is 0 Å². The van der Waals surface area contributed by atoms with Crippen molar-refractivity contribution in [2.45, 2.75) is 12.5 Å². The molecule has 1 rings (SSSR count). The summed E-state index contributed by atoms with van der Waals surface area (Å²) < 4.78 is 0. The van der Waals surface area contributed by atoms with Crippen LogP contribution in [-0.4, -0.2) is 55.5 Å². The van der Waals surface area contributed by atoms with E-state index in [1.165, 1.54) is 0 Å². The molecule has 1 unspecified atom stereocenters. The van der Waals surface area contributed by atoms with Crippen molar-refractivity contribution in [2.75, 3.05) is 39.3 Å². The highest BCUT2D eigenvalue weighted by atomic mass is 16.4. The maximum Gasteiger partial charge on any atom is 0.317 e. The second-order valence-corrected chi connectivity index (χ2v) is 4.79. The smallest absolute Gasteiger partial charge is 0.317 e. The standard InChI is InChI=1S/C15H25N3O3/c19-14(13-4-2-1-3-5-13)6-7-16-8-9-17-10-11-18-12-15(20)21/h1-5,14,16-19H,6-12H2,(H,20,21). The Kier molecular flexibility index (Phi) is 9.39. The average Bonchev–Trinajstić information content (AvgIpc) is 2.49. The van der Waals surface area contributed by atoms with Gasteiger partial charge >= 0.3 is 5.97 Å². The number of hydrogen-bond donors (Lipinski definition) is 5. The summed E-state index contributed by atoms with van der Waals surface area (Å²) in [7, 11) is 0. The Labute approximate surface area is 125 Å². The molecule has 1 atom stereocenters. The number of aliphatic hydroxyl groups excluding tert-OH is 1. The van der Waals surface area contributed by atoms with Crippen molar-refractivity contribution >= 4 is 5.97 Å². The Morgan fingerprint density at radius 2 is 1.52 bits per heavy atom. The highest BCUT2D eigenvalue weighted by molar-refractivity contribution is 5.68. The van der Waals surface area contributed by atoms with Crippen LogP contribution in [0.25, 0.3) is 0 Å². The molecule has 21 heavy (non-hydrogen) atoms. The third-order valence-electron chi connectivity index (χ3n) is 3.01. The van der Waals surface area contributed by atoms with Crippen LogP contribution in [0, 0.1) is 0 Å². The molecule has 6 nitrogen and oxygen atoms in total. The molecular formula is C15H25N3O3. The number of benzene rings is 1. The van der Waals surface area contributed by atoms with Gasteiger partial charge in [0.1, 0.15) is 0 Å². The quantitative estimate of drug-likeness (QED) is 0.348. The van der Waals surface area contributed by atoms with E-state index in [2.05, 4.69) is 16.0 Å². The first-order valence-electron chi connectivity index (χ1n) is 7.27. The van der Waals surface area contributed by atoms with Gasteiger partial charge in [0, 0.05) is 26.2 Å². The normalized spacial score (nSPS) is 12.2. The van der Waals surface area contributed by atoms with Crippen LogP contribution in [0.3, 0.4) is 0 Å². The lowest BCUT2D eigenvalue weighted by Crippen LogP contribution is -2.34. The lowest BCUT2D eigenvalue weighted by Gasteiger charge is -2.11. The van der Waals surface area contributed by atoms with Crippen LogP contribution in [0.15, 0.2) is 30.3 Å². The molecule has 1 aromatic carbocycles. The van der Waals surface area contributed by atoms with Gasteiger partial charge in [0.05, 0.1) is 12.6 Å². The third kappa shape index (κ3) is 9.14. The van der Waals surface area contributed by atoms with Crippen LogP contribution < -0.4 is 16.0 Å². The van der Waals surface area contributed by atoms with Gasteiger partial charge in [-0.3, -0.25) is 4.79 Å². The van der Waals surface area contributed by atoms with E-state index in [0.29, 0.717) is 13.0 Å². The van der Waals surface area contributed by atoms with Crippen molar-refractivity contribution in [3.05, 3.63) is 35.9 Å². The summed E-state index contributed by atoms with van der Waals surface area (Å²) in [4.78, 5) is 10.3. The van der Waals surface area contributed by atoms with Gasteiger partial charge in [-0.05, 0) is 18.5 Å². The summed E-state index contributed by atoms with van der Waals surface area (Å²) in [6.07, 6.45) is 0.261. The summed E-state index contributed by atoms with van der Waals surface area (Å²) >= 11 is 0. The summed E-state index contributed by atoms with van der Waals surface area (Å²) in [5, 5.41) is 27.6. The minimum absolute atomic E-state index is 0.00267. The van der Waals surface area contributed by atoms with Gasteiger partial charge in [-0.2, -0.15) is 0 Å². The van der Waals surface area contributed by atoms with E-state index in [-0.39, 0.29) is 6.54 Å². The zero-order valence-corrected chi connectivity index (χ0v) is 12.2. The summed E-state index contributed by atoms with van der Waals surface area (Å²) in [5.74, 6) is -0.839. The molecule has 6 heteroatoms. The monoisotopic (exact) mass is 295 g/mol. The van der Waals surface area contributed by atoms with E-state index in [1.807, 2.05) is 30.3 Å². The van der Waals surface area contributed by atoms with Gasteiger partial charge in [-0.1, -0.05) is 30.3 Å². The van der Waals surface area contributed by atoms with E-state index in [0.717, 1.165) is 31.7 Å². The van der Waals surface area contributed by atoms with Crippen molar-refractivity contribution in [2.24, 2.45) is 0 Å². The molecule has 0 fully saturated rings. The van der Waals surface area contributed by atoms with Crippen LogP contribution in [0.2, 0.25) is 0 Å². The molecule has 0 aliphatic carbocycles. The molecule has 1 aromatic rings. The van der Waals surface area contributed by atoms with E-state index < -0.39 is 12.1 Å². The molecule has 0 aliphatic rings. The van der Waals surface area contributed by atoms with Crippen molar-refractivity contribution in [3.63, 3.8) is 0 Å². The van der Waals surface area contributed by atoms with Crippen LogP contribution in [-0.2, 0) is 4.79 Å². The number of aliphatic carboxylic acids is 1. The van der Waals surface area contributed by atoms with E-state index in [1.54, 1.807) is 0 Å². The van der Waals surface area contributed by atoms with Gasteiger partial charge < -0.3 is 26.2 Å². The number of carbonyl (C=O) groups is 1. The molecule has 0 aromatic heterocycles. The largest absolute Gasteiger partial charge is 0.480 e. The molecular weight excluding hydrogens is 270 g/mol. The molecule has 0 bridgehead atoms. The van der Waals surface area contributed by atoms with Crippen LogP contribution >= 0.6 is 0 Å². The fourth-order valence-electron chi connectivity index (χ4n) is 1.88. The Balaban J connectivity index is 1.90. The fraction of sp³-hybridized carbons (Fsp3) is 0.533. The molecule has 0 saturated carbocycles. The van der Waals surface area contributed by atoms with E-state index >= 15 is 0 Å². The summed E-state index contributed by atoms with van der Waals surface area (Å²) in [6.45, 7) is 3.77. The average molecular weight is 295 g/mol. The number of hydrogen-bond acceptors (Lipinski definition) is 5. The second-order valence-electron chi connectivity index (χ2n) is 4.79. The number of rotatable bonds is 12. The van der Waals surface area contributed by atoms with Crippen LogP contribution in [0.1, 0.15) is 18.1 Å². The highest BCUT2D eigenvalue weighted by Gasteiger charge is 2.05. The molecule has 0 radical (unpaired) electrons. The third-order valence-corrected chi connectivity index (χ3v) is 3.01. The Morgan fingerprint density at radius 1 is 0.952 bits per heavy atom. The number of aliphatic hydroxyl groups is 1. The zero-order valence-electron chi connectivity index (χ0n) is 12.2. The number of nitrogens with one attached hydrogen (secondary N) is 3. The lowest BCUT2D eigenvalue weighted by molar-refractivity contribution is -0.135. The Hall–Kier alpha value is -1.47.